The average molecular weight is 352 g/mol. The van der Waals surface area contributed by atoms with E-state index in [1.54, 1.807) is 36.3 Å². The van der Waals surface area contributed by atoms with Crippen LogP contribution in [0, 0.1) is 5.41 Å². The SMILES string of the molecule is CCN(Cc1ccccc1)C(=O)C1(C(=O)Nc2ccc(OC)cc2)CC1. The quantitative estimate of drug-likeness (QED) is 0.777. The average Bonchev–Trinajstić information content (AvgIpc) is 3.49. The van der Waals surface area contributed by atoms with Crippen LogP contribution in [-0.4, -0.2) is 30.4 Å². The van der Waals surface area contributed by atoms with Gasteiger partial charge < -0.3 is 15.0 Å². The van der Waals surface area contributed by atoms with Crippen LogP contribution in [0.2, 0.25) is 0 Å². The van der Waals surface area contributed by atoms with Crippen molar-refractivity contribution in [3.05, 3.63) is 60.2 Å². The Morgan fingerprint density at radius 3 is 2.27 bits per heavy atom. The van der Waals surface area contributed by atoms with Crippen molar-refractivity contribution in [3.8, 4) is 5.75 Å². The van der Waals surface area contributed by atoms with Gasteiger partial charge in [0.05, 0.1) is 7.11 Å². The van der Waals surface area contributed by atoms with Crippen LogP contribution in [0.4, 0.5) is 5.69 Å². The molecule has 0 aromatic heterocycles. The van der Waals surface area contributed by atoms with Gasteiger partial charge in [0.1, 0.15) is 11.2 Å². The smallest absolute Gasteiger partial charge is 0.240 e. The summed E-state index contributed by atoms with van der Waals surface area (Å²) in [7, 11) is 1.59. The van der Waals surface area contributed by atoms with Crippen molar-refractivity contribution in [1.82, 2.24) is 4.90 Å². The highest BCUT2D eigenvalue weighted by atomic mass is 16.5. The van der Waals surface area contributed by atoms with E-state index < -0.39 is 5.41 Å². The van der Waals surface area contributed by atoms with Gasteiger partial charge in [-0.1, -0.05) is 30.3 Å². The summed E-state index contributed by atoms with van der Waals surface area (Å²) < 4.78 is 5.12. The van der Waals surface area contributed by atoms with E-state index in [9.17, 15) is 9.59 Å². The molecule has 136 valence electrons. The van der Waals surface area contributed by atoms with Crippen molar-refractivity contribution in [2.24, 2.45) is 5.41 Å². The first kappa shape index (κ1) is 18.0. The van der Waals surface area contributed by atoms with Gasteiger partial charge in [-0.25, -0.2) is 0 Å². The molecule has 1 aliphatic rings. The number of nitrogens with one attached hydrogen (secondary N) is 1. The van der Waals surface area contributed by atoms with E-state index in [1.165, 1.54) is 0 Å². The molecule has 26 heavy (non-hydrogen) atoms. The molecule has 1 saturated carbocycles. The first-order valence-corrected chi connectivity index (χ1v) is 8.88. The van der Waals surface area contributed by atoms with Crippen LogP contribution < -0.4 is 10.1 Å². The maximum atomic E-state index is 13.0. The summed E-state index contributed by atoms with van der Waals surface area (Å²) in [6.45, 7) is 3.04. The molecule has 0 saturated heterocycles. The summed E-state index contributed by atoms with van der Waals surface area (Å²) in [6.07, 6.45) is 1.19. The van der Waals surface area contributed by atoms with Crippen molar-refractivity contribution >= 4 is 17.5 Å². The third-order valence-corrected chi connectivity index (χ3v) is 4.83. The first-order valence-electron chi connectivity index (χ1n) is 8.88. The summed E-state index contributed by atoms with van der Waals surface area (Å²) in [4.78, 5) is 27.6. The molecule has 2 aromatic rings. The number of carbonyl (C=O) groups excluding carboxylic acids is 2. The van der Waals surface area contributed by atoms with E-state index in [4.69, 9.17) is 4.74 Å². The fourth-order valence-corrected chi connectivity index (χ4v) is 3.02. The number of ether oxygens (including phenoxy) is 1. The maximum Gasteiger partial charge on any atom is 0.240 e. The third kappa shape index (κ3) is 3.72. The molecular formula is C21H24N2O3. The van der Waals surface area contributed by atoms with E-state index in [0.29, 0.717) is 31.6 Å². The number of methoxy groups -OCH3 is 1. The second kappa shape index (κ2) is 7.60. The Morgan fingerprint density at radius 1 is 1.08 bits per heavy atom. The minimum atomic E-state index is -0.926. The lowest BCUT2D eigenvalue weighted by molar-refractivity contribution is -0.142. The standard InChI is InChI=1S/C21H24N2O3/c1-3-23(15-16-7-5-4-6-8-16)20(25)21(13-14-21)19(24)22-17-9-11-18(26-2)12-10-17/h4-12H,3,13-15H2,1-2H3,(H,22,24). The van der Waals surface area contributed by atoms with Gasteiger partial charge in [0.25, 0.3) is 0 Å². The molecule has 0 radical (unpaired) electrons. The lowest BCUT2D eigenvalue weighted by atomic mass is 10.0. The van der Waals surface area contributed by atoms with Crippen LogP contribution in [-0.2, 0) is 16.1 Å². The summed E-state index contributed by atoms with van der Waals surface area (Å²) in [5, 5.41) is 2.88. The van der Waals surface area contributed by atoms with Crippen LogP contribution in [0.25, 0.3) is 0 Å². The molecule has 5 nitrogen and oxygen atoms in total. The van der Waals surface area contributed by atoms with Gasteiger partial charge in [-0.05, 0) is 49.6 Å². The summed E-state index contributed by atoms with van der Waals surface area (Å²) in [5.41, 5.74) is 0.806. The van der Waals surface area contributed by atoms with Crippen LogP contribution >= 0.6 is 0 Å². The van der Waals surface area contributed by atoms with Crippen molar-refractivity contribution in [1.29, 1.82) is 0 Å². The second-order valence-corrected chi connectivity index (χ2v) is 6.57. The molecule has 0 unspecified atom stereocenters. The number of amides is 2. The number of nitrogens with zero attached hydrogens (tertiary/aromatic N) is 1. The molecule has 0 heterocycles. The number of rotatable bonds is 7. The molecule has 2 aromatic carbocycles. The molecule has 3 rings (SSSR count). The normalized spacial score (nSPS) is 14.4. The zero-order valence-corrected chi connectivity index (χ0v) is 15.2. The molecule has 5 heteroatoms. The third-order valence-electron chi connectivity index (χ3n) is 4.83. The number of hydrogen-bond acceptors (Lipinski definition) is 3. The van der Waals surface area contributed by atoms with E-state index in [-0.39, 0.29) is 11.8 Å². The Bertz CT molecular complexity index is 768. The second-order valence-electron chi connectivity index (χ2n) is 6.57. The summed E-state index contributed by atoms with van der Waals surface area (Å²) in [5.74, 6) is 0.411. The molecule has 1 N–H and O–H groups in total. The van der Waals surface area contributed by atoms with Gasteiger partial charge in [-0.3, -0.25) is 9.59 Å². The van der Waals surface area contributed by atoms with Crippen LogP contribution in [0.1, 0.15) is 25.3 Å². The lowest BCUT2D eigenvalue weighted by Gasteiger charge is -2.26. The molecular weight excluding hydrogens is 328 g/mol. The molecule has 0 bridgehead atoms. The van der Waals surface area contributed by atoms with E-state index in [2.05, 4.69) is 5.32 Å². The Morgan fingerprint density at radius 2 is 1.73 bits per heavy atom. The van der Waals surface area contributed by atoms with Gasteiger partial charge in [-0.15, -0.1) is 0 Å². The highest BCUT2D eigenvalue weighted by molar-refractivity contribution is 6.13. The fraction of sp³-hybridized carbons (Fsp3) is 0.333. The highest BCUT2D eigenvalue weighted by Gasteiger charge is 2.57. The van der Waals surface area contributed by atoms with Crippen LogP contribution in [0.15, 0.2) is 54.6 Å². The summed E-state index contributed by atoms with van der Waals surface area (Å²) >= 11 is 0. The zero-order chi connectivity index (χ0) is 18.6. The zero-order valence-electron chi connectivity index (χ0n) is 15.2. The first-order chi connectivity index (χ1) is 12.6. The molecule has 2 amide bonds. The van der Waals surface area contributed by atoms with Gasteiger partial charge in [0.15, 0.2) is 0 Å². The Balaban J connectivity index is 1.69. The molecule has 0 aliphatic heterocycles. The summed E-state index contributed by atoms with van der Waals surface area (Å²) in [6, 6.07) is 17.0. The minimum Gasteiger partial charge on any atom is -0.497 e. The Hall–Kier alpha value is -2.82. The van der Waals surface area contributed by atoms with Crippen molar-refractivity contribution in [2.45, 2.75) is 26.3 Å². The van der Waals surface area contributed by atoms with Crippen molar-refractivity contribution in [3.63, 3.8) is 0 Å². The van der Waals surface area contributed by atoms with Crippen LogP contribution in [0.3, 0.4) is 0 Å². The van der Waals surface area contributed by atoms with E-state index in [1.807, 2.05) is 37.3 Å². The van der Waals surface area contributed by atoms with Crippen molar-refractivity contribution in [2.75, 3.05) is 19.0 Å². The van der Waals surface area contributed by atoms with E-state index >= 15 is 0 Å². The van der Waals surface area contributed by atoms with Crippen LogP contribution in [0.5, 0.6) is 5.75 Å². The predicted octanol–water partition coefficient (Wildman–Crippen LogP) is 3.46. The van der Waals surface area contributed by atoms with Crippen molar-refractivity contribution < 1.29 is 14.3 Å². The van der Waals surface area contributed by atoms with Gasteiger partial charge >= 0.3 is 0 Å². The number of hydrogen-bond donors (Lipinski definition) is 1. The van der Waals surface area contributed by atoms with Gasteiger partial charge in [0, 0.05) is 18.8 Å². The molecule has 1 aliphatic carbocycles. The number of carbonyl (C=O) groups is 2. The largest absolute Gasteiger partial charge is 0.497 e. The lowest BCUT2D eigenvalue weighted by Crippen LogP contribution is -2.42. The molecule has 0 atom stereocenters. The number of benzene rings is 2. The monoisotopic (exact) mass is 352 g/mol. The predicted molar refractivity (Wildman–Crippen MR) is 101 cm³/mol. The maximum absolute atomic E-state index is 13.0. The molecule has 0 spiro atoms. The highest BCUT2D eigenvalue weighted by Crippen LogP contribution is 2.48. The topological polar surface area (TPSA) is 58.6 Å². The minimum absolute atomic E-state index is 0.0881. The van der Waals surface area contributed by atoms with E-state index in [0.717, 1.165) is 11.3 Å². The molecule has 1 fully saturated rings. The number of anilines is 1. The van der Waals surface area contributed by atoms with Gasteiger partial charge in [0.2, 0.25) is 11.8 Å². The Kier molecular flexibility index (Phi) is 5.26. The van der Waals surface area contributed by atoms with Gasteiger partial charge in [-0.2, -0.15) is 0 Å². The fourth-order valence-electron chi connectivity index (χ4n) is 3.02. The Labute approximate surface area is 154 Å².